The first-order valence-corrected chi connectivity index (χ1v) is 9.87. The summed E-state index contributed by atoms with van der Waals surface area (Å²) in [5.41, 5.74) is 3.00. The van der Waals surface area contributed by atoms with Gasteiger partial charge in [-0.05, 0) is 40.8 Å². The van der Waals surface area contributed by atoms with Crippen molar-refractivity contribution in [2.45, 2.75) is 19.0 Å². The summed E-state index contributed by atoms with van der Waals surface area (Å²) in [5, 5.41) is 2.81. The maximum Gasteiger partial charge on any atom is 0.227 e. The lowest BCUT2D eigenvalue weighted by atomic mass is 10.1. The predicted molar refractivity (Wildman–Crippen MR) is 103 cm³/mol. The van der Waals surface area contributed by atoms with Crippen LogP contribution in [0.3, 0.4) is 0 Å². The Labute approximate surface area is 154 Å². The first-order chi connectivity index (χ1) is 12.7. The minimum absolute atomic E-state index is 0.0290. The summed E-state index contributed by atoms with van der Waals surface area (Å²) in [6.45, 7) is 0.484. The smallest absolute Gasteiger partial charge is 0.227 e. The summed E-state index contributed by atoms with van der Waals surface area (Å²) in [6, 6.07) is 11.7. The van der Waals surface area contributed by atoms with Gasteiger partial charge in [0.05, 0.1) is 18.2 Å². The lowest BCUT2D eigenvalue weighted by Gasteiger charge is -2.28. The number of carbonyl (C=O) groups is 1. The van der Waals surface area contributed by atoms with Crippen LogP contribution in [-0.2, 0) is 28.6 Å². The van der Waals surface area contributed by atoms with E-state index in [1.54, 1.807) is 17.8 Å². The topological polar surface area (TPSA) is 66.1 Å². The van der Waals surface area contributed by atoms with E-state index in [0.717, 1.165) is 22.0 Å². The first kappa shape index (κ1) is 16.7. The summed E-state index contributed by atoms with van der Waals surface area (Å²) in [4.78, 5) is 22.1. The highest BCUT2D eigenvalue weighted by Crippen LogP contribution is 2.19. The third kappa shape index (κ3) is 3.60. The molecule has 1 aliphatic heterocycles. The van der Waals surface area contributed by atoms with Crippen molar-refractivity contribution < 1.29 is 9.00 Å². The highest BCUT2D eigenvalue weighted by molar-refractivity contribution is 7.88. The maximum absolute atomic E-state index is 13.1. The van der Waals surface area contributed by atoms with Crippen LogP contribution in [0.15, 0.2) is 66.5 Å². The van der Waals surface area contributed by atoms with Gasteiger partial charge in [0, 0.05) is 46.9 Å². The van der Waals surface area contributed by atoms with E-state index < -0.39 is 10.8 Å². The minimum Gasteiger partial charge on any atom is -0.361 e. The summed E-state index contributed by atoms with van der Waals surface area (Å²) in [7, 11) is -0.999. The van der Waals surface area contributed by atoms with Crippen LogP contribution in [0.2, 0.25) is 0 Å². The minimum atomic E-state index is -0.999. The van der Waals surface area contributed by atoms with Gasteiger partial charge in [-0.25, -0.2) is 0 Å². The standard InChI is InChI=1S/C20H19N3O2S/c24-20(12-16-1-2-17-5-9-22-19(17)11-16)23(18-6-10-26(25)14-18)13-15-3-7-21-8-4-15/h1-11,18,22H,12-14H2. The first-order valence-electron chi connectivity index (χ1n) is 8.49. The van der Waals surface area contributed by atoms with Crippen LogP contribution in [0.4, 0.5) is 0 Å². The number of nitrogens with one attached hydrogen (secondary N) is 1. The number of aromatic nitrogens is 2. The third-order valence-corrected chi connectivity index (χ3v) is 5.72. The Hall–Kier alpha value is -2.73. The molecule has 1 aromatic carbocycles. The van der Waals surface area contributed by atoms with Gasteiger partial charge in [0.15, 0.2) is 0 Å². The van der Waals surface area contributed by atoms with Crippen molar-refractivity contribution in [3.8, 4) is 0 Å². The van der Waals surface area contributed by atoms with Crippen molar-refractivity contribution in [2.24, 2.45) is 0 Å². The van der Waals surface area contributed by atoms with Crippen molar-refractivity contribution >= 4 is 27.6 Å². The Balaban J connectivity index is 1.56. The Morgan fingerprint density at radius 2 is 2.04 bits per heavy atom. The van der Waals surface area contributed by atoms with Crippen molar-refractivity contribution in [2.75, 3.05) is 5.75 Å². The number of rotatable bonds is 5. The molecule has 0 fully saturated rings. The zero-order valence-electron chi connectivity index (χ0n) is 14.2. The highest BCUT2D eigenvalue weighted by atomic mass is 32.2. The summed E-state index contributed by atoms with van der Waals surface area (Å²) in [5.74, 6) is 0.494. The van der Waals surface area contributed by atoms with Crippen molar-refractivity contribution in [1.82, 2.24) is 14.9 Å². The van der Waals surface area contributed by atoms with Gasteiger partial charge in [-0.1, -0.05) is 18.2 Å². The maximum atomic E-state index is 13.1. The molecule has 0 bridgehead atoms. The van der Waals surface area contributed by atoms with Crippen LogP contribution in [-0.4, -0.2) is 36.8 Å². The lowest BCUT2D eigenvalue weighted by Crippen LogP contribution is -2.40. The van der Waals surface area contributed by atoms with Crippen LogP contribution in [0.5, 0.6) is 0 Å². The van der Waals surface area contributed by atoms with Crippen LogP contribution >= 0.6 is 0 Å². The number of pyridine rings is 1. The molecule has 6 heteroatoms. The second kappa shape index (κ2) is 7.25. The van der Waals surface area contributed by atoms with Crippen molar-refractivity contribution in [3.63, 3.8) is 0 Å². The fourth-order valence-electron chi connectivity index (χ4n) is 3.21. The van der Waals surface area contributed by atoms with E-state index in [1.165, 1.54) is 0 Å². The molecule has 4 rings (SSSR count). The number of benzene rings is 1. The van der Waals surface area contributed by atoms with E-state index in [1.807, 2.05) is 53.6 Å². The van der Waals surface area contributed by atoms with E-state index in [2.05, 4.69) is 9.97 Å². The van der Waals surface area contributed by atoms with Crippen LogP contribution in [0.25, 0.3) is 10.9 Å². The molecule has 1 amide bonds. The molecule has 0 saturated carbocycles. The lowest BCUT2D eigenvalue weighted by molar-refractivity contribution is -0.132. The van der Waals surface area contributed by atoms with E-state index in [0.29, 0.717) is 18.7 Å². The molecule has 3 aromatic rings. The number of hydrogen-bond donors (Lipinski definition) is 1. The van der Waals surface area contributed by atoms with Gasteiger partial charge in [0.2, 0.25) is 5.91 Å². The highest BCUT2D eigenvalue weighted by Gasteiger charge is 2.26. The second-order valence-corrected chi connectivity index (χ2v) is 7.76. The Morgan fingerprint density at radius 3 is 2.81 bits per heavy atom. The molecular weight excluding hydrogens is 346 g/mol. The molecule has 1 N–H and O–H groups in total. The molecule has 2 atom stereocenters. The summed E-state index contributed by atoms with van der Waals surface area (Å²) < 4.78 is 11.8. The second-order valence-electron chi connectivity index (χ2n) is 6.40. The molecule has 0 aliphatic carbocycles. The Kier molecular flexibility index (Phi) is 4.67. The quantitative estimate of drug-likeness (QED) is 0.756. The van der Waals surface area contributed by atoms with E-state index in [9.17, 15) is 9.00 Å². The molecule has 5 nitrogen and oxygen atoms in total. The Morgan fingerprint density at radius 1 is 1.19 bits per heavy atom. The van der Waals surface area contributed by atoms with Crippen LogP contribution < -0.4 is 0 Å². The number of nitrogens with zero attached hydrogens (tertiary/aromatic N) is 2. The van der Waals surface area contributed by atoms with E-state index >= 15 is 0 Å². The molecule has 3 heterocycles. The number of amides is 1. The molecule has 2 aromatic heterocycles. The van der Waals surface area contributed by atoms with Gasteiger partial charge in [0.25, 0.3) is 0 Å². The molecule has 2 unspecified atom stereocenters. The number of aromatic amines is 1. The molecule has 132 valence electrons. The monoisotopic (exact) mass is 365 g/mol. The van der Waals surface area contributed by atoms with Gasteiger partial charge in [-0.15, -0.1) is 0 Å². The number of hydrogen-bond acceptors (Lipinski definition) is 3. The SMILES string of the molecule is O=C(Cc1ccc2cc[nH]c2c1)N(Cc1ccncc1)C1C=CS(=O)C1. The molecule has 26 heavy (non-hydrogen) atoms. The molecule has 1 aliphatic rings. The van der Waals surface area contributed by atoms with E-state index in [-0.39, 0.29) is 11.9 Å². The van der Waals surface area contributed by atoms with Gasteiger partial charge in [-0.2, -0.15) is 0 Å². The zero-order valence-corrected chi connectivity index (χ0v) is 15.0. The normalized spacial score (nSPS) is 19.1. The molecular formula is C20H19N3O2S. The van der Waals surface area contributed by atoms with Gasteiger partial charge in [0.1, 0.15) is 0 Å². The fourth-order valence-corrected chi connectivity index (χ4v) is 4.30. The summed E-state index contributed by atoms with van der Waals surface area (Å²) >= 11 is 0. The van der Waals surface area contributed by atoms with Crippen molar-refractivity contribution in [3.05, 3.63) is 77.6 Å². The molecule has 0 spiro atoms. The van der Waals surface area contributed by atoms with Crippen molar-refractivity contribution in [1.29, 1.82) is 0 Å². The largest absolute Gasteiger partial charge is 0.361 e. The van der Waals surface area contributed by atoms with Gasteiger partial charge in [-0.3, -0.25) is 14.0 Å². The average Bonchev–Trinajstić information content (AvgIpc) is 3.29. The zero-order chi connectivity index (χ0) is 17.9. The van der Waals surface area contributed by atoms with Gasteiger partial charge < -0.3 is 9.88 Å². The number of H-pyrrole nitrogens is 1. The Bertz CT molecular complexity index is 981. The third-order valence-electron chi connectivity index (χ3n) is 4.59. The molecule has 0 saturated heterocycles. The van der Waals surface area contributed by atoms with Gasteiger partial charge >= 0.3 is 0 Å². The van der Waals surface area contributed by atoms with Crippen LogP contribution in [0.1, 0.15) is 11.1 Å². The van der Waals surface area contributed by atoms with E-state index in [4.69, 9.17) is 0 Å². The van der Waals surface area contributed by atoms with Crippen LogP contribution in [0, 0.1) is 0 Å². The average molecular weight is 365 g/mol. The number of fused-ring (bicyclic) bond motifs is 1. The number of carbonyl (C=O) groups excluding carboxylic acids is 1. The fraction of sp³-hybridized carbons (Fsp3) is 0.200. The summed E-state index contributed by atoms with van der Waals surface area (Å²) in [6.07, 6.45) is 7.53. The molecule has 0 radical (unpaired) electrons. The predicted octanol–water partition coefficient (Wildman–Crippen LogP) is 2.78.